The Bertz CT molecular complexity index is 786. The van der Waals surface area contributed by atoms with Crippen molar-refractivity contribution in [1.29, 1.82) is 0 Å². The number of hydrogen-bond donors (Lipinski definition) is 0. The molecule has 2 aromatic carbocycles. The van der Waals surface area contributed by atoms with Gasteiger partial charge in [0.15, 0.2) is 0 Å². The van der Waals surface area contributed by atoms with Crippen LogP contribution < -0.4 is 4.57 Å². The molecule has 0 bridgehead atoms. The maximum Gasteiger partial charge on any atom is 0.372 e. The second-order valence-corrected chi connectivity index (χ2v) is 6.13. The van der Waals surface area contributed by atoms with Crippen LogP contribution in [0.4, 0.5) is 0 Å². The summed E-state index contributed by atoms with van der Waals surface area (Å²) in [6.45, 7) is 2.51. The van der Waals surface area contributed by atoms with Crippen molar-refractivity contribution in [1.82, 2.24) is 0 Å². The topological polar surface area (TPSA) is 30.2 Å². The van der Waals surface area contributed by atoms with Gasteiger partial charge in [-0.2, -0.15) is 4.57 Å². The fourth-order valence-corrected chi connectivity index (χ4v) is 3.69. The van der Waals surface area contributed by atoms with Crippen molar-refractivity contribution in [3.05, 3.63) is 65.2 Å². The SMILES string of the molecule is Br.CCOC(=O)C[n+]1c(Cc2ccccc2)sc2ccccc21. The number of ether oxygens (including phenoxy) is 1. The molecule has 3 aromatic rings. The minimum absolute atomic E-state index is 0. The molecule has 0 N–H and O–H groups in total. The fourth-order valence-electron chi connectivity index (χ4n) is 2.49. The largest absolute Gasteiger partial charge is 0.461 e. The molecule has 0 spiro atoms. The van der Waals surface area contributed by atoms with Crippen molar-refractivity contribution >= 4 is 44.5 Å². The van der Waals surface area contributed by atoms with Gasteiger partial charge in [-0.15, -0.1) is 17.0 Å². The third kappa shape index (κ3) is 4.18. The van der Waals surface area contributed by atoms with Crippen LogP contribution in [-0.2, 0) is 22.5 Å². The zero-order valence-electron chi connectivity index (χ0n) is 12.9. The van der Waals surface area contributed by atoms with Gasteiger partial charge in [-0.3, -0.25) is 0 Å². The molecule has 1 heterocycles. The van der Waals surface area contributed by atoms with Gasteiger partial charge in [-0.05, 0) is 18.6 Å². The van der Waals surface area contributed by atoms with Gasteiger partial charge >= 0.3 is 5.97 Å². The number of benzene rings is 2. The highest BCUT2D eigenvalue weighted by atomic mass is 79.9. The quantitative estimate of drug-likeness (QED) is 0.486. The van der Waals surface area contributed by atoms with Gasteiger partial charge in [0.2, 0.25) is 17.1 Å². The summed E-state index contributed by atoms with van der Waals surface area (Å²) in [4.78, 5) is 11.9. The first-order valence-corrected chi connectivity index (χ1v) is 8.19. The van der Waals surface area contributed by atoms with Gasteiger partial charge in [-0.1, -0.05) is 53.8 Å². The average molecular weight is 393 g/mol. The molecule has 0 aliphatic rings. The van der Waals surface area contributed by atoms with Gasteiger partial charge in [0.1, 0.15) is 4.70 Å². The Hall–Kier alpha value is -1.72. The van der Waals surface area contributed by atoms with Crippen LogP contribution in [0.1, 0.15) is 17.5 Å². The zero-order chi connectivity index (χ0) is 15.4. The van der Waals surface area contributed by atoms with Gasteiger partial charge in [-0.25, -0.2) is 4.79 Å². The number of para-hydroxylation sites is 1. The molecule has 0 saturated carbocycles. The Labute approximate surface area is 150 Å². The second kappa shape index (κ2) is 8.22. The molecule has 0 saturated heterocycles. The second-order valence-electron chi connectivity index (χ2n) is 5.02. The normalized spacial score (nSPS) is 10.3. The number of carbonyl (C=O) groups is 1. The molecule has 0 radical (unpaired) electrons. The van der Waals surface area contributed by atoms with E-state index in [4.69, 9.17) is 4.74 Å². The molecular formula is C18H19BrNO2S+. The Morgan fingerprint density at radius 3 is 2.52 bits per heavy atom. The van der Waals surface area contributed by atoms with E-state index < -0.39 is 0 Å². The third-order valence-corrected chi connectivity index (χ3v) is 4.64. The summed E-state index contributed by atoms with van der Waals surface area (Å²) in [7, 11) is 0. The standard InChI is InChI=1S/C18H18NO2S.BrH/c1-2-21-18(20)13-19-15-10-6-7-11-16(15)22-17(19)12-14-8-4-3-5-9-14;/h3-11H,2,12-13H2,1H3;1H/q+1;. The lowest BCUT2D eigenvalue weighted by Crippen LogP contribution is -2.41. The van der Waals surface area contributed by atoms with Crippen molar-refractivity contribution in [3.8, 4) is 0 Å². The Kier molecular flexibility index (Phi) is 6.30. The van der Waals surface area contributed by atoms with Crippen LogP contribution >= 0.6 is 28.3 Å². The maximum atomic E-state index is 11.9. The van der Waals surface area contributed by atoms with Gasteiger partial charge in [0, 0.05) is 6.07 Å². The van der Waals surface area contributed by atoms with Crippen LogP contribution in [0.25, 0.3) is 10.2 Å². The summed E-state index contributed by atoms with van der Waals surface area (Å²) in [5, 5.41) is 1.17. The van der Waals surface area contributed by atoms with Crippen LogP contribution in [-0.4, -0.2) is 12.6 Å². The molecule has 23 heavy (non-hydrogen) atoms. The summed E-state index contributed by atoms with van der Waals surface area (Å²) in [6, 6.07) is 18.5. The third-order valence-electron chi connectivity index (χ3n) is 3.48. The number of fused-ring (bicyclic) bond motifs is 1. The van der Waals surface area contributed by atoms with Crippen LogP contribution in [0, 0.1) is 0 Å². The first-order chi connectivity index (χ1) is 10.8. The van der Waals surface area contributed by atoms with E-state index in [9.17, 15) is 4.79 Å². The van der Waals surface area contributed by atoms with E-state index in [1.54, 1.807) is 11.3 Å². The van der Waals surface area contributed by atoms with Crippen molar-refractivity contribution < 1.29 is 14.1 Å². The summed E-state index contributed by atoms with van der Waals surface area (Å²) in [5.41, 5.74) is 2.33. The van der Waals surface area contributed by atoms with E-state index >= 15 is 0 Å². The molecule has 0 atom stereocenters. The van der Waals surface area contributed by atoms with E-state index in [1.165, 1.54) is 15.3 Å². The number of halogens is 1. The van der Waals surface area contributed by atoms with Crippen LogP contribution in [0.2, 0.25) is 0 Å². The van der Waals surface area contributed by atoms with Crippen molar-refractivity contribution in [2.24, 2.45) is 0 Å². The van der Waals surface area contributed by atoms with Gasteiger partial charge in [0.05, 0.1) is 13.0 Å². The number of esters is 1. The van der Waals surface area contributed by atoms with Crippen LogP contribution in [0.15, 0.2) is 54.6 Å². The number of aromatic nitrogens is 1. The highest BCUT2D eigenvalue weighted by Gasteiger charge is 2.23. The number of rotatable bonds is 5. The Balaban J connectivity index is 0.00000192. The summed E-state index contributed by atoms with van der Waals surface area (Å²) >= 11 is 1.73. The molecule has 0 unspecified atom stereocenters. The van der Waals surface area contributed by atoms with E-state index in [0.29, 0.717) is 6.61 Å². The molecule has 3 nitrogen and oxygen atoms in total. The van der Waals surface area contributed by atoms with E-state index in [1.807, 2.05) is 37.3 Å². The highest BCUT2D eigenvalue weighted by molar-refractivity contribution is 8.93. The van der Waals surface area contributed by atoms with E-state index in [2.05, 4.69) is 28.8 Å². The monoisotopic (exact) mass is 392 g/mol. The van der Waals surface area contributed by atoms with Crippen LogP contribution in [0.5, 0.6) is 0 Å². The molecule has 3 rings (SSSR count). The molecule has 0 aliphatic heterocycles. The highest BCUT2D eigenvalue weighted by Crippen LogP contribution is 2.22. The fraction of sp³-hybridized carbons (Fsp3) is 0.222. The molecule has 0 aliphatic carbocycles. The Morgan fingerprint density at radius 2 is 1.78 bits per heavy atom. The first-order valence-electron chi connectivity index (χ1n) is 7.37. The van der Waals surface area contributed by atoms with Gasteiger partial charge in [0.25, 0.3) is 0 Å². The average Bonchev–Trinajstić information content (AvgIpc) is 2.86. The van der Waals surface area contributed by atoms with E-state index in [-0.39, 0.29) is 29.5 Å². The lowest BCUT2D eigenvalue weighted by Gasteiger charge is -2.01. The molecule has 0 fully saturated rings. The van der Waals surface area contributed by atoms with Crippen LogP contribution in [0.3, 0.4) is 0 Å². The zero-order valence-corrected chi connectivity index (χ0v) is 15.4. The lowest BCUT2D eigenvalue weighted by atomic mass is 10.1. The lowest BCUT2D eigenvalue weighted by molar-refractivity contribution is -0.662. The molecule has 0 amide bonds. The number of hydrogen-bond acceptors (Lipinski definition) is 3. The molecule has 120 valence electrons. The summed E-state index contributed by atoms with van der Waals surface area (Å²) in [5.74, 6) is -0.189. The minimum atomic E-state index is -0.189. The van der Waals surface area contributed by atoms with E-state index in [0.717, 1.165) is 11.9 Å². The molecule has 5 heteroatoms. The van der Waals surface area contributed by atoms with Crippen molar-refractivity contribution in [2.75, 3.05) is 6.61 Å². The maximum absolute atomic E-state index is 11.9. The number of nitrogens with zero attached hydrogens (tertiary/aromatic N) is 1. The summed E-state index contributed by atoms with van der Waals surface area (Å²) in [6.07, 6.45) is 0.819. The minimum Gasteiger partial charge on any atom is -0.461 e. The van der Waals surface area contributed by atoms with Gasteiger partial charge < -0.3 is 4.74 Å². The smallest absolute Gasteiger partial charge is 0.372 e. The predicted octanol–water partition coefficient (Wildman–Crippen LogP) is 3.92. The number of thiazole rings is 1. The Morgan fingerprint density at radius 1 is 1.09 bits per heavy atom. The predicted molar refractivity (Wildman–Crippen MR) is 98.2 cm³/mol. The molecular weight excluding hydrogens is 374 g/mol. The number of carbonyl (C=O) groups excluding carboxylic acids is 1. The van der Waals surface area contributed by atoms with Crippen molar-refractivity contribution in [2.45, 2.75) is 19.9 Å². The first kappa shape index (κ1) is 17.6. The summed E-state index contributed by atoms with van der Waals surface area (Å²) < 4.78 is 8.38. The molecule has 1 aromatic heterocycles. The van der Waals surface area contributed by atoms with Crippen molar-refractivity contribution in [3.63, 3.8) is 0 Å².